The Balaban J connectivity index is 2.61. The second-order valence-corrected chi connectivity index (χ2v) is 5.59. The van der Waals surface area contributed by atoms with Crippen molar-refractivity contribution in [1.29, 1.82) is 0 Å². The van der Waals surface area contributed by atoms with Crippen LogP contribution in [0.25, 0.3) is 0 Å². The van der Waals surface area contributed by atoms with Crippen LogP contribution in [-0.4, -0.2) is 36.5 Å². The Morgan fingerprint density at radius 1 is 1.35 bits per heavy atom. The van der Waals surface area contributed by atoms with Crippen LogP contribution in [0.15, 0.2) is 0 Å². The van der Waals surface area contributed by atoms with Gasteiger partial charge in [0, 0.05) is 18.5 Å². The molecular weight excluding hydrogens is 218 g/mol. The lowest BCUT2D eigenvalue weighted by molar-refractivity contribution is -0.152. The zero-order valence-corrected chi connectivity index (χ0v) is 11.3. The van der Waals surface area contributed by atoms with E-state index in [2.05, 4.69) is 0 Å². The van der Waals surface area contributed by atoms with Crippen molar-refractivity contribution in [3.8, 4) is 0 Å². The maximum absolute atomic E-state index is 12.1. The molecule has 0 radical (unpaired) electrons. The van der Waals surface area contributed by atoms with Gasteiger partial charge in [0.2, 0.25) is 5.91 Å². The van der Waals surface area contributed by atoms with Gasteiger partial charge in [-0.2, -0.15) is 0 Å². The zero-order chi connectivity index (χ0) is 13.1. The van der Waals surface area contributed by atoms with Crippen LogP contribution in [0.2, 0.25) is 0 Å². The third kappa shape index (κ3) is 3.72. The van der Waals surface area contributed by atoms with Gasteiger partial charge >= 0.3 is 5.97 Å². The summed E-state index contributed by atoms with van der Waals surface area (Å²) in [6, 6.07) is 0. The van der Waals surface area contributed by atoms with Crippen molar-refractivity contribution in [1.82, 2.24) is 4.90 Å². The van der Waals surface area contributed by atoms with Crippen molar-refractivity contribution in [2.45, 2.75) is 40.5 Å². The minimum absolute atomic E-state index is 0.117. The second-order valence-electron chi connectivity index (χ2n) is 5.59. The van der Waals surface area contributed by atoms with Gasteiger partial charge in [-0.05, 0) is 19.8 Å². The molecule has 1 atom stereocenters. The number of nitrogens with zero attached hydrogens (tertiary/aromatic N) is 1. The van der Waals surface area contributed by atoms with E-state index < -0.39 is 0 Å². The summed E-state index contributed by atoms with van der Waals surface area (Å²) < 4.78 is 5.02. The van der Waals surface area contributed by atoms with Crippen LogP contribution < -0.4 is 0 Å². The van der Waals surface area contributed by atoms with Gasteiger partial charge in [0.15, 0.2) is 0 Å². The van der Waals surface area contributed by atoms with Crippen molar-refractivity contribution >= 4 is 11.9 Å². The van der Waals surface area contributed by atoms with Gasteiger partial charge in [-0.15, -0.1) is 0 Å². The molecule has 0 spiro atoms. The first-order chi connectivity index (χ1) is 7.86. The highest BCUT2D eigenvalue weighted by Gasteiger charge is 2.33. The summed E-state index contributed by atoms with van der Waals surface area (Å²) >= 11 is 0. The van der Waals surface area contributed by atoms with Crippen LogP contribution >= 0.6 is 0 Å². The molecule has 0 aromatic heterocycles. The average Bonchev–Trinajstić information content (AvgIpc) is 2.27. The van der Waals surface area contributed by atoms with Crippen LogP contribution in [0.1, 0.15) is 40.5 Å². The number of piperidine rings is 1. The molecule has 0 N–H and O–H groups in total. The van der Waals surface area contributed by atoms with Crippen LogP contribution in [0.4, 0.5) is 0 Å². The van der Waals surface area contributed by atoms with Crippen LogP contribution in [-0.2, 0) is 14.3 Å². The predicted molar refractivity (Wildman–Crippen MR) is 65.4 cm³/mol. The lowest BCUT2D eigenvalue weighted by Gasteiger charge is -2.35. The number of hydrogen-bond acceptors (Lipinski definition) is 3. The summed E-state index contributed by atoms with van der Waals surface area (Å²) in [4.78, 5) is 25.6. The predicted octanol–water partition coefficient (Wildman–Crippen LogP) is 1.83. The molecule has 1 aliphatic heterocycles. The topological polar surface area (TPSA) is 46.6 Å². The molecule has 98 valence electrons. The van der Waals surface area contributed by atoms with Gasteiger partial charge in [-0.3, -0.25) is 9.59 Å². The largest absolute Gasteiger partial charge is 0.466 e. The van der Waals surface area contributed by atoms with E-state index in [9.17, 15) is 9.59 Å². The molecule has 4 nitrogen and oxygen atoms in total. The molecule has 1 fully saturated rings. The Hall–Kier alpha value is -1.06. The third-order valence-corrected chi connectivity index (χ3v) is 2.97. The van der Waals surface area contributed by atoms with E-state index in [4.69, 9.17) is 4.74 Å². The highest BCUT2D eigenvalue weighted by atomic mass is 16.5. The van der Waals surface area contributed by atoms with Gasteiger partial charge in [0.1, 0.15) is 0 Å². The van der Waals surface area contributed by atoms with Crippen molar-refractivity contribution in [2.75, 3.05) is 19.7 Å². The fourth-order valence-corrected chi connectivity index (χ4v) is 2.09. The van der Waals surface area contributed by atoms with Crippen LogP contribution in [0.5, 0.6) is 0 Å². The molecule has 1 aliphatic rings. The second kappa shape index (κ2) is 5.52. The molecule has 0 saturated carbocycles. The number of amides is 1. The molecule has 0 bridgehead atoms. The molecule has 0 aromatic carbocycles. The molecule has 4 heteroatoms. The van der Waals surface area contributed by atoms with Gasteiger partial charge in [0.25, 0.3) is 0 Å². The maximum atomic E-state index is 12.1. The summed E-state index contributed by atoms with van der Waals surface area (Å²) in [5, 5.41) is 0. The van der Waals surface area contributed by atoms with Crippen molar-refractivity contribution < 1.29 is 14.3 Å². The quantitative estimate of drug-likeness (QED) is 0.693. The number of carbonyl (C=O) groups excluding carboxylic acids is 2. The van der Waals surface area contributed by atoms with Gasteiger partial charge < -0.3 is 9.64 Å². The number of rotatable bonds is 2. The third-order valence-electron chi connectivity index (χ3n) is 2.97. The number of carbonyl (C=O) groups is 2. The molecule has 1 heterocycles. The SMILES string of the molecule is CCOC(=O)[C@@H]1CCCN(C(=O)C(C)(C)C)C1. The first-order valence-electron chi connectivity index (χ1n) is 6.32. The summed E-state index contributed by atoms with van der Waals surface area (Å²) in [6.45, 7) is 9.19. The number of ether oxygens (including phenoxy) is 1. The molecule has 0 unspecified atom stereocenters. The Kier molecular flexibility index (Phi) is 4.54. The summed E-state index contributed by atoms with van der Waals surface area (Å²) in [7, 11) is 0. The Labute approximate surface area is 103 Å². The molecule has 17 heavy (non-hydrogen) atoms. The minimum Gasteiger partial charge on any atom is -0.466 e. The van der Waals surface area contributed by atoms with Crippen LogP contribution in [0.3, 0.4) is 0 Å². The summed E-state index contributed by atoms with van der Waals surface area (Å²) in [5.74, 6) is -0.194. The standard InChI is InChI=1S/C13H23NO3/c1-5-17-11(15)10-7-6-8-14(9-10)12(16)13(2,3)4/h10H,5-9H2,1-4H3/t10-/m1/s1. The highest BCUT2D eigenvalue weighted by molar-refractivity contribution is 5.82. The number of likely N-dealkylation sites (tertiary alicyclic amines) is 1. The van der Waals surface area contributed by atoms with Gasteiger partial charge in [0.05, 0.1) is 12.5 Å². The van der Waals surface area contributed by atoms with Crippen molar-refractivity contribution in [2.24, 2.45) is 11.3 Å². The van der Waals surface area contributed by atoms with Gasteiger partial charge in [-0.25, -0.2) is 0 Å². The lowest BCUT2D eigenvalue weighted by atomic mass is 9.91. The average molecular weight is 241 g/mol. The summed E-state index contributed by atoms with van der Waals surface area (Å²) in [6.07, 6.45) is 1.71. The van der Waals surface area contributed by atoms with Crippen LogP contribution in [0, 0.1) is 11.3 Å². The monoisotopic (exact) mass is 241 g/mol. The van der Waals surface area contributed by atoms with Gasteiger partial charge in [-0.1, -0.05) is 20.8 Å². The fraction of sp³-hybridized carbons (Fsp3) is 0.846. The van der Waals surface area contributed by atoms with E-state index in [0.29, 0.717) is 13.2 Å². The Bertz CT molecular complexity index is 294. The van der Waals surface area contributed by atoms with E-state index in [0.717, 1.165) is 19.4 Å². The van der Waals surface area contributed by atoms with E-state index in [1.54, 1.807) is 11.8 Å². The lowest BCUT2D eigenvalue weighted by Crippen LogP contribution is -2.47. The molecule has 1 amide bonds. The fourth-order valence-electron chi connectivity index (χ4n) is 2.09. The molecule has 1 saturated heterocycles. The minimum atomic E-state index is -0.378. The maximum Gasteiger partial charge on any atom is 0.310 e. The Morgan fingerprint density at radius 2 is 2.00 bits per heavy atom. The van der Waals surface area contributed by atoms with E-state index in [1.165, 1.54) is 0 Å². The number of hydrogen-bond donors (Lipinski definition) is 0. The first kappa shape index (κ1) is 14.0. The zero-order valence-electron chi connectivity index (χ0n) is 11.3. The first-order valence-corrected chi connectivity index (χ1v) is 6.32. The summed E-state index contributed by atoms with van der Waals surface area (Å²) in [5.41, 5.74) is -0.378. The van der Waals surface area contributed by atoms with E-state index >= 15 is 0 Å². The molecule has 0 aliphatic carbocycles. The van der Waals surface area contributed by atoms with E-state index in [1.807, 2.05) is 20.8 Å². The molecule has 0 aromatic rings. The smallest absolute Gasteiger partial charge is 0.310 e. The molecular formula is C13H23NO3. The normalized spacial score (nSPS) is 21.2. The van der Waals surface area contributed by atoms with Crippen molar-refractivity contribution in [3.05, 3.63) is 0 Å². The molecule has 1 rings (SSSR count). The number of esters is 1. The highest BCUT2D eigenvalue weighted by Crippen LogP contribution is 2.24. The van der Waals surface area contributed by atoms with E-state index in [-0.39, 0.29) is 23.2 Å². The Morgan fingerprint density at radius 3 is 2.53 bits per heavy atom. The van der Waals surface area contributed by atoms with Crippen molar-refractivity contribution in [3.63, 3.8) is 0 Å².